The van der Waals surface area contributed by atoms with Gasteiger partial charge >= 0.3 is 5.97 Å². The Balaban J connectivity index is 1.86. The van der Waals surface area contributed by atoms with E-state index in [1.165, 1.54) is 6.08 Å². The minimum Gasteiger partial charge on any atom is -0.426 e. The summed E-state index contributed by atoms with van der Waals surface area (Å²) in [5.74, 6) is -1.50. The molecule has 0 amide bonds. The predicted molar refractivity (Wildman–Crippen MR) is 58.9 cm³/mol. The van der Waals surface area contributed by atoms with Crippen LogP contribution in [0.3, 0.4) is 0 Å². The van der Waals surface area contributed by atoms with Crippen molar-refractivity contribution in [3.05, 3.63) is 48.0 Å². The smallest absolute Gasteiger partial charge is 0.333 e. The normalized spacial score (nSPS) is 35.5. The van der Waals surface area contributed by atoms with Gasteiger partial charge in [-0.05, 0) is 11.6 Å². The highest BCUT2D eigenvalue weighted by atomic mass is 16.7. The van der Waals surface area contributed by atoms with Crippen molar-refractivity contribution in [2.45, 2.75) is 24.4 Å². The zero-order chi connectivity index (χ0) is 11.9. The molecule has 0 aromatic heterocycles. The van der Waals surface area contributed by atoms with Gasteiger partial charge in [0.15, 0.2) is 0 Å². The lowest BCUT2D eigenvalue weighted by Gasteiger charge is -2.20. The van der Waals surface area contributed by atoms with Gasteiger partial charge in [0.25, 0.3) is 0 Å². The average molecular weight is 232 g/mol. The first kappa shape index (κ1) is 10.5. The quantitative estimate of drug-likeness (QED) is 0.742. The third-order valence-electron chi connectivity index (χ3n) is 3.04. The Bertz CT molecular complexity index is 468. The summed E-state index contributed by atoms with van der Waals surface area (Å²) in [6.45, 7) is 0. The number of esters is 1. The molecular formula is C13H12O4. The van der Waals surface area contributed by atoms with Gasteiger partial charge in [0.05, 0.1) is 6.10 Å². The maximum absolute atomic E-state index is 11.1. The van der Waals surface area contributed by atoms with Gasteiger partial charge in [-0.25, -0.2) is 4.79 Å². The van der Waals surface area contributed by atoms with Gasteiger partial charge in [0, 0.05) is 12.5 Å². The molecular weight excluding hydrogens is 220 g/mol. The summed E-state index contributed by atoms with van der Waals surface area (Å²) in [5.41, 5.74) is 0.883. The van der Waals surface area contributed by atoms with Crippen LogP contribution in [0.5, 0.6) is 0 Å². The third-order valence-corrected chi connectivity index (χ3v) is 3.04. The van der Waals surface area contributed by atoms with Crippen LogP contribution in [-0.4, -0.2) is 23.0 Å². The maximum atomic E-state index is 11.1. The number of hydrogen-bond acceptors (Lipinski definition) is 4. The van der Waals surface area contributed by atoms with Crippen molar-refractivity contribution < 1.29 is 19.4 Å². The Kier molecular flexibility index (Phi) is 2.28. The highest BCUT2D eigenvalue weighted by Crippen LogP contribution is 2.43. The van der Waals surface area contributed by atoms with Crippen molar-refractivity contribution in [1.82, 2.24) is 0 Å². The number of benzene rings is 1. The Hall–Kier alpha value is -1.65. The number of ether oxygens (including phenoxy) is 2. The van der Waals surface area contributed by atoms with E-state index < -0.39 is 24.0 Å². The van der Waals surface area contributed by atoms with Gasteiger partial charge in [0.2, 0.25) is 5.79 Å². The van der Waals surface area contributed by atoms with Gasteiger partial charge in [-0.1, -0.05) is 30.3 Å². The zero-order valence-electron chi connectivity index (χ0n) is 9.08. The first-order valence-electron chi connectivity index (χ1n) is 5.52. The SMILES string of the molecule is O=C1C=C[C@@]2(C[C@H](O)[C@H](c3ccccc3)O2)O1. The van der Waals surface area contributed by atoms with Crippen LogP contribution in [0.25, 0.3) is 0 Å². The van der Waals surface area contributed by atoms with Gasteiger partial charge in [-0.3, -0.25) is 0 Å². The second-order valence-electron chi connectivity index (χ2n) is 4.29. The van der Waals surface area contributed by atoms with E-state index in [1.54, 1.807) is 6.08 Å². The Morgan fingerprint density at radius 2 is 2.06 bits per heavy atom. The molecule has 2 aliphatic rings. The monoisotopic (exact) mass is 232 g/mol. The van der Waals surface area contributed by atoms with Crippen molar-refractivity contribution in [2.75, 3.05) is 0 Å². The van der Waals surface area contributed by atoms with Crippen LogP contribution in [0.1, 0.15) is 18.1 Å². The molecule has 1 N–H and O–H groups in total. The molecule has 0 aliphatic carbocycles. The summed E-state index contributed by atoms with van der Waals surface area (Å²) in [7, 11) is 0. The lowest BCUT2D eigenvalue weighted by Crippen LogP contribution is -2.27. The van der Waals surface area contributed by atoms with Gasteiger partial charge in [-0.15, -0.1) is 0 Å². The van der Waals surface area contributed by atoms with E-state index in [1.807, 2.05) is 30.3 Å². The molecule has 3 atom stereocenters. The van der Waals surface area contributed by atoms with Crippen LogP contribution >= 0.6 is 0 Å². The molecule has 1 spiro atoms. The minimum absolute atomic E-state index is 0.273. The summed E-state index contributed by atoms with van der Waals surface area (Å²) < 4.78 is 10.8. The molecule has 0 radical (unpaired) electrons. The molecule has 1 saturated heterocycles. The minimum atomic E-state index is -1.07. The van der Waals surface area contributed by atoms with E-state index in [-0.39, 0.29) is 6.42 Å². The topological polar surface area (TPSA) is 55.8 Å². The Morgan fingerprint density at radius 3 is 2.71 bits per heavy atom. The summed E-state index contributed by atoms with van der Waals surface area (Å²) in [6, 6.07) is 9.43. The van der Waals surface area contributed by atoms with Gasteiger partial charge in [0.1, 0.15) is 6.10 Å². The molecule has 0 unspecified atom stereocenters. The van der Waals surface area contributed by atoms with Crippen molar-refractivity contribution >= 4 is 5.97 Å². The average Bonchev–Trinajstić information content (AvgIpc) is 2.84. The number of hydrogen-bond donors (Lipinski definition) is 1. The van der Waals surface area contributed by atoms with Crippen LogP contribution in [0.15, 0.2) is 42.5 Å². The predicted octanol–water partition coefficient (Wildman–Crippen LogP) is 1.32. The molecule has 1 aromatic rings. The van der Waals surface area contributed by atoms with Crippen molar-refractivity contribution in [1.29, 1.82) is 0 Å². The summed E-state index contributed by atoms with van der Waals surface area (Å²) in [5, 5.41) is 10.0. The van der Waals surface area contributed by atoms with Gasteiger partial charge in [-0.2, -0.15) is 0 Å². The number of aliphatic hydroxyl groups excluding tert-OH is 1. The van der Waals surface area contributed by atoms with Crippen molar-refractivity contribution in [2.24, 2.45) is 0 Å². The van der Waals surface area contributed by atoms with Crippen molar-refractivity contribution in [3.8, 4) is 0 Å². The number of carbonyl (C=O) groups excluding carboxylic acids is 1. The molecule has 3 rings (SSSR count). The zero-order valence-corrected chi connectivity index (χ0v) is 9.08. The Labute approximate surface area is 98.5 Å². The molecule has 17 heavy (non-hydrogen) atoms. The summed E-state index contributed by atoms with van der Waals surface area (Å²) >= 11 is 0. The number of aliphatic hydroxyl groups is 1. The second-order valence-corrected chi connectivity index (χ2v) is 4.29. The first-order chi connectivity index (χ1) is 8.19. The summed E-state index contributed by atoms with van der Waals surface area (Å²) in [6.07, 6.45) is 2.05. The van der Waals surface area contributed by atoms with Crippen LogP contribution in [0.2, 0.25) is 0 Å². The molecule has 1 fully saturated rings. The molecule has 4 nitrogen and oxygen atoms in total. The highest BCUT2D eigenvalue weighted by molar-refractivity contribution is 5.85. The summed E-state index contributed by atoms with van der Waals surface area (Å²) in [4.78, 5) is 11.1. The standard InChI is InChI=1S/C13H12O4/c14-10-8-13(7-6-11(15)16-13)17-12(10)9-4-2-1-3-5-9/h1-7,10,12,14H,8H2/t10-,12-,13+/m0/s1. The molecule has 4 heteroatoms. The van der Waals surface area contributed by atoms with E-state index in [0.717, 1.165) is 5.56 Å². The van der Waals surface area contributed by atoms with E-state index >= 15 is 0 Å². The molecule has 2 heterocycles. The van der Waals surface area contributed by atoms with Crippen LogP contribution in [0.4, 0.5) is 0 Å². The number of carbonyl (C=O) groups is 1. The third kappa shape index (κ3) is 1.75. The van der Waals surface area contributed by atoms with Gasteiger partial charge < -0.3 is 14.6 Å². The van der Waals surface area contributed by atoms with E-state index in [9.17, 15) is 9.90 Å². The first-order valence-corrected chi connectivity index (χ1v) is 5.52. The highest BCUT2D eigenvalue weighted by Gasteiger charge is 2.49. The lowest BCUT2D eigenvalue weighted by atomic mass is 10.0. The van der Waals surface area contributed by atoms with E-state index in [4.69, 9.17) is 9.47 Å². The fraction of sp³-hybridized carbons (Fsp3) is 0.308. The van der Waals surface area contributed by atoms with Crippen LogP contribution < -0.4 is 0 Å². The van der Waals surface area contributed by atoms with Crippen LogP contribution in [-0.2, 0) is 14.3 Å². The van der Waals surface area contributed by atoms with Crippen molar-refractivity contribution in [3.63, 3.8) is 0 Å². The molecule has 88 valence electrons. The fourth-order valence-electron chi connectivity index (χ4n) is 2.28. The molecule has 0 saturated carbocycles. The maximum Gasteiger partial charge on any atom is 0.333 e. The Morgan fingerprint density at radius 1 is 1.29 bits per heavy atom. The molecule has 1 aromatic carbocycles. The van der Waals surface area contributed by atoms with E-state index in [0.29, 0.717) is 0 Å². The number of rotatable bonds is 1. The lowest BCUT2D eigenvalue weighted by molar-refractivity contribution is -0.192. The van der Waals surface area contributed by atoms with E-state index in [2.05, 4.69) is 0 Å². The molecule has 2 aliphatic heterocycles. The molecule has 0 bridgehead atoms. The fourth-order valence-corrected chi connectivity index (χ4v) is 2.28. The second kappa shape index (κ2) is 3.68. The van der Waals surface area contributed by atoms with Crippen LogP contribution in [0, 0.1) is 0 Å². The largest absolute Gasteiger partial charge is 0.426 e.